The van der Waals surface area contributed by atoms with Gasteiger partial charge in [0.25, 0.3) is 0 Å². The highest BCUT2D eigenvalue weighted by molar-refractivity contribution is 7.53. The third kappa shape index (κ3) is 4.61. The van der Waals surface area contributed by atoms with Crippen LogP contribution in [-0.4, -0.2) is 36.7 Å². The number of carboxylic acids is 1. The summed E-state index contributed by atoms with van der Waals surface area (Å²) in [6.45, 7) is 5.22. The van der Waals surface area contributed by atoms with Crippen LogP contribution in [0.5, 0.6) is 0 Å². The summed E-state index contributed by atoms with van der Waals surface area (Å²) in [4.78, 5) is 49.6. The van der Waals surface area contributed by atoms with Gasteiger partial charge in [0.05, 0.1) is 10.3 Å². The number of hydrogen-bond acceptors (Lipinski definition) is 4. The van der Waals surface area contributed by atoms with Crippen molar-refractivity contribution in [1.29, 1.82) is 0 Å². The molecule has 1 atom stereocenters. The molecule has 0 saturated heterocycles. The van der Waals surface area contributed by atoms with E-state index in [0.29, 0.717) is 5.56 Å². The van der Waals surface area contributed by atoms with Crippen molar-refractivity contribution >= 4 is 21.2 Å². The van der Waals surface area contributed by atoms with E-state index < -0.39 is 37.5 Å². The van der Waals surface area contributed by atoms with E-state index >= 15 is 0 Å². The molecular weight excluding hydrogens is 384 g/mol. The third-order valence-electron chi connectivity index (χ3n) is 4.63. The van der Waals surface area contributed by atoms with E-state index in [0.717, 1.165) is 0 Å². The average Bonchev–Trinajstić information content (AvgIpc) is 2.44. The van der Waals surface area contributed by atoms with Crippen molar-refractivity contribution < 1.29 is 38.6 Å². The molecule has 26 heavy (non-hydrogen) atoms. The van der Waals surface area contributed by atoms with Crippen LogP contribution in [0.1, 0.15) is 44.4 Å². The number of carboxylic acid groups (broad SMARTS) is 1. The molecule has 0 fully saturated rings. The summed E-state index contributed by atoms with van der Waals surface area (Å²) in [5.74, 6) is -1.26. The first-order chi connectivity index (χ1) is 11.4. The molecule has 0 heterocycles. The highest BCUT2D eigenvalue weighted by Crippen LogP contribution is 2.59. The summed E-state index contributed by atoms with van der Waals surface area (Å²) in [5, 5.41) is 5.70. The Morgan fingerprint density at radius 3 is 1.58 bits per heavy atom. The number of rotatable bonds is 7. The quantitative estimate of drug-likeness (QED) is 0.364. The summed E-state index contributed by atoms with van der Waals surface area (Å²) in [6, 6.07) is 2.87. The molecule has 0 unspecified atom stereocenters. The molecule has 1 aromatic carbocycles. The maximum absolute atomic E-state index is 11.9. The second kappa shape index (κ2) is 7.17. The van der Waals surface area contributed by atoms with Gasteiger partial charge < -0.3 is 30.4 Å². The Labute approximate surface area is 151 Å². The Kier molecular flexibility index (Phi) is 6.34. The fourth-order valence-corrected chi connectivity index (χ4v) is 3.12. The lowest BCUT2D eigenvalue weighted by molar-refractivity contribution is -0.138. The van der Waals surface area contributed by atoms with Gasteiger partial charge >= 0.3 is 21.2 Å². The predicted octanol–water partition coefficient (Wildman–Crippen LogP) is 1.47. The molecule has 0 saturated carbocycles. The number of benzene rings is 1. The normalized spacial score (nSPS) is 15.0. The van der Waals surface area contributed by atoms with Gasteiger partial charge in [-0.15, -0.1) is 0 Å². The van der Waals surface area contributed by atoms with Gasteiger partial charge in [-0.2, -0.15) is 0 Å². The predicted molar refractivity (Wildman–Crippen MR) is 95.9 cm³/mol. The van der Waals surface area contributed by atoms with E-state index in [-0.39, 0.29) is 17.5 Å². The molecule has 0 aliphatic heterocycles. The molecule has 0 bridgehead atoms. The van der Waals surface area contributed by atoms with Gasteiger partial charge in [0.2, 0.25) is 0 Å². The second-order valence-electron chi connectivity index (χ2n) is 7.27. The van der Waals surface area contributed by atoms with Gasteiger partial charge in [-0.05, 0) is 50.8 Å². The van der Waals surface area contributed by atoms with Crippen LogP contribution in [0.2, 0.25) is 0 Å². The van der Waals surface area contributed by atoms with Gasteiger partial charge in [-0.25, -0.2) is 0 Å². The van der Waals surface area contributed by atoms with Crippen LogP contribution in [0.4, 0.5) is 0 Å². The summed E-state index contributed by atoms with van der Waals surface area (Å²) >= 11 is 0. The van der Waals surface area contributed by atoms with Gasteiger partial charge in [-0.1, -0.05) is 18.2 Å². The van der Waals surface area contributed by atoms with Crippen LogP contribution < -0.4 is 5.73 Å². The summed E-state index contributed by atoms with van der Waals surface area (Å²) in [6.07, 6.45) is -0.162. The van der Waals surface area contributed by atoms with Crippen LogP contribution in [0.15, 0.2) is 18.2 Å². The van der Waals surface area contributed by atoms with Gasteiger partial charge in [0.15, 0.2) is 0 Å². The van der Waals surface area contributed by atoms with Crippen molar-refractivity contribution in [2.24, 2.45) is 5.73 Å². The smallest absolute Gasteiger partial charge is 0.335 e. The van der Waals surface area contributed by atoms with E-state index in [4.69, 9.17) is 10.8 Å². The van der Waals surface area contributed by atoms with Crippen molar-refractivity contribution in [2.75, 3.05) is 0 Å². The lowest BCUT2D eigenvalue weighted by Crippen LogP contribution is -2.32. The SMILES string of the molecule is CC(C)(c1cc(C[C@H](N)C(=O)O)cc(C(C)(C)P(=O)(O)O)c1)P(=O)(O)O. The van der Waals surface area contributed by atoms with E-state index in [2.05, 4.69) is 0 Å². The number of carbonyl (C=O) groups is 1. The Morgan fingerprint density at radius 1 is 0.962 bits per heavy atom. The molecule has 11 heteroatoms. The molecule has 1 rings (SSSR count). The molecule has 0 aliphatic carbocycles. The molecule has 9 nitrogen and oxygen atoms in total. The first-order valence-corrected chi connectivity index (χ1v) is 10.9. The topological polar surface area (TPSA) is 178 Å². The van der Waals surface area contributed by atoms with Crippen molar-refractivity contribution in [3.63, 3.8) is 0 Å². The lowest BCUT2D eigenvalue weighted by atomic mass is 9.90. The Hall–Kier alpha value is -1.05. The van der Waals surface area contributed by atoms with Crippen molar-refractivity contribution in [1.82, 2.24) is 0 Å². The van der Waals surface area contributed by atoms with Crippen molar-refractivity contribution in [2.45, 2.75) is 50.5 Å². The summed E-state index contributed by atoms with van der Waals surface area (Å²) in [5.41, 5.74) is 6.12. The lowest BCUT2D eigenvalue weighted by Gasteiger charge is -2.31. The van der Waals surface area contributed by atoms with Crippen LogP contribution in [0.25, 0.3) is 0 Å². The zero-order valence-electron chi connectivity index (χ0n) is 14.9. The highest BCUT2D eigenvalue weighted by Gasteiger charge is 2.43. The van der Waals surface area contributed by atoms with E-state index in [1.54, 1.807) is 0 Å². The number of nitrogens with two attached hydrogens (primary N) is 1. The van der Waals surface area contributed by atoms with E-state index in [1.807, 2.05) is 0 Å². The molecule has 1 aromatic rings. The molecule has 0 amide bonds. The molecule has 148 valence electrons. The minimum Gasteiger partial charge on any atom is -0.480 e. The maximum Gasteiger partial charge on any atom is 0.335 e. The zero-order chi connectivity index (χ0) is 20.7. The van der Waals surface area contributed by atoms with Crippen LogP contribution >= 0.6 is 15.2 Å². The molecule has 0 aromatic heterocycles. The standard InChI is InChI=1S/C15H25NO8P2/c1-14(2,25(19,20)21)10-5-9(7-12(16)13(17)18)6-11(8-10)15(3,4)26(22,23)24/h5-6,8,12H,7,16H2,1-4H3,(H,17,18)(H2,19,20,21)(H2,22,23,24)/t12-/m0/s1. The minimum absolute atomic E-state index is 0.137. The molecular formula is C15H25NO8P2. The van der Waals surface area contributed by atoms with Crippen LogP contribution in [-0.2, 0) is 30.7 Å². The second-order valence-corrected chi connectivity index (χ2v) is 11.7. The Balaban J connectivity index is 3.68. The summed E-state index contributed by atoms with van der Waals surface area (Å²) in [7, 11) is -9.24. The summed E-state index contributed by atoms with van der Waals surface area (Å²) < 4.78 is 23.8. The largest absolute Gasteiger partial charge is 0.480 e. The zero-order valence-corrected chi connectivity index (χ0v) is 16.7. The van der Waals surface area contributed by atoms with Crippen LogP contribution in [0.3, 0.4) is 0 Å². The number of aliphatic carboxylic acids is 1. The fourth-order valence-electron chi connectivity index (χ4n) is 2.19. The fraction of sp³-hybridized carbons (Fsp3) is 0.533. The van der Waals surface area contributed by atoms with Gasteiger partial charge in [0.1, 0.15) is 6.04 Å². The maximum atomic E-state index is 11.9. The molecule has 7 N–H and O–H groups in total. The van der Waals surface area contributed by atoms with Crippen molar-refractivity contribution in [3.05, 3.63) is 34.9 Å². The first-order valence-electron chi connectivity index (χ1n) is 7.66. The monoisotopic (exact) mass is 409 g/mol. The molecule has 0 radical (unpaired) electrons. The molecule has 0 aliphatic rings. The minimum atomic E-state index is -4.62. The Morgan fingerprint density at radius 2 is 1.31 bits per heavy atom. The van der Waals surface area contributed by atoms with E-state index in [9.17, 15) is 33.5 Å². The van der Waals surface area contributed by atoms with Gasteiger partial charge in [-0.3, -0.25) is 13.9 Å². The third-order valence-corrected chi connectivity index (χ3v) is 8.06. The first kappa shape index (κ1) is 23.0. The van der Waals surface area contributed by atoms with Gasteiger partial charge in [0, 0.05) is 0 Å². The van der Waals surface area contributed by atoms with E-state index in [1.165, 1.54) is 45.9 Å². The Bertz CT molecular complexity index is 741. The van der Waals surface area contributed by atoms with Crippen molar-refractivity contribution in [3.8, 4) is 0 Å². The molecule has 0 spiro atoms. The average molecular weight is 409 g/mol. The number of hydrogen-bond donors (Lipinski definition) is 6. The highest BCUT2D eigenvalue weighted by atomic mass is 31.2. The van der Waals surface area contributed by atoms with Crippen LogP contribution in [0, 0.1) is 0 Å².